The fourth-order valence-corrected chi connectivity index (χ4v) is 6.29. The molecule has 7 heteroatoms. The molecule has 0 aliphatic heterocycles. The van der Waals surface area contributed by atoms with Crippen LogP contribution in [0.25, 0.3) is 0 Å². The van der Waals surface area contributed by atoms with Gasteiger partial charge in [0.05, 0.1) is 6.61 Å². The lowest BCUT2D eigenvalue weighted by Crippen LogP contribution is -2.09. The Hall–Kier alpha value is 0.370. The minimum Gasteiger partial charge on any atom is -0.301 e. The Balaban J connectivity index is 4.70. The number of phosphoric ester groups is 1. The van der Waals surface area contributed by atoms with Gasteiger partial charge in [0.1, 0.15) is 0 Å². The minimum absolute atomic E-state index is 0.236. The second-order valence-corrected chi connectivity index (χ2v) is 12.6. The lowest BCUT2D eigenvalue weighted by Gasteiger charge is -2.23. The molecule has 3 unspecified atom stereocenters. The second kappa shape index (κ2) is 17.1. The molecule has 0 spiro atoms. The van der Waals surface area contributed by atoms with E-state index in [4.69, 9.17) is 13.9 Å². The maximum absolute atomic E-state index is 12.3. The average Bonchev–Trinajstić information content (AvgIpc) is 2.68. The molecule has 1 N–H and O–H groups in total. The van der Waals surface area contributed by atoms with Crippen LogP contribution in [0.2, 0.25) is 0 Å². The van der Waals surface area contributed by atoms with Crippen molar-refractivity contribution >= 4 is 20.7 Å². The molecule has 0 aromatic rings. The predicted molar refractivity (Wildman–Crippen MR) is 123 cm³/mol. The molecule has 0 amide bonds. The van der Waals surface area contributed by atoms with Gasteiger partial charge in [-0.15, -0.1) is 4.67 Å². The molecule has 0 radical (unpaired) electrons. The van der Waals surface area contributed by atoms with E-state index < -0.39 is 14.9 Å². The fraction of sp³-hybridized carbons (Fsp3) is 0.952. The van der Waals surface area contributed by atoms with Crippen LogP contribution in [-0.2, 0) is 18.4 Å². The Bertz CT molecular complexity index is 468. The summed E-state index contributed by atoms with van der Waals surface area (Å²) in [6, 6.07) is 0. The van der Waals surface area contributed by atoms with Crippen LogP contribution in [0.4, 0.5) is 0 Å². The van der Waals surface area contributed by atoms with Crippen LogP contribution in [0.5, 0.6) is 0 Å². The van der Waals surface area contributed by atoms with Crippen LogP contribution in [0, 0.1) is 5.92 Å². The highest BCUT2D eigenvalue weighted by molar-refractivity contribution is 7.69. The minimum atomic E-state index is -4.19. The van der Waals surface area contributed by atoms with Gasteiger partial charge in [0.25, 0.3) is 0 Å². The summed E-state index contributed by atoms with van der Waals surface area (Å²) < 4.78 is 28.2. The third-order valence-electron chi connectivity index (χ3n) is 5.09. The topological polar surface area (TPSA) is 65.0 Å². The molecule has 0 aromatic heterocycles. The molecule has 170 valence electrons. The van der Waals surface area contributed by atoms with Gasteiger partial charge < -0.3 is 4.89 Å². The Labute approximate surface area is 174 Å². The van der Waals surface area contributed by atoms with Crippen molar-refractivity contribution in [2.75, 3.05) is 19.4 Å². The smallest absolute Gasteiger partial charge is 0.301 e. The van der Waals surface area contributed by atoms with Gasteiger partial charge in [-0.2, -0.15) is 0 Å². The van der Waals surface area contributed by atoms with Gasteiger partial charge in [0.2, 0.25) is 0 Å². The summed E-state index contributed by atoms with van der Waals surface area (Å²) in [5.74, 6) is 2.48. The first-order chi connectivity index (χ1) is 13.3. The Kier molecular flexibility index (Phi) is 17.3. The highest BCUT2D eigenvalue weighted by Crippen LogP contribution is 2.53. The molecule has 0 aliphatic rings. The maximum atomic E-state index is 12.3. The number of rotatable bonds is 19. The number of unbranched alkanes of at least 4 members (excludes halogenated alkanes) is 7. The summed E-state index contributed by atoms with van der Waals surface area (Å²) in [6.07, 6.45) is 14.1. The molecule has 0 aromatic carbocycles. The average molecular weight is 441 g/mol. The van der Waals surface area contributed by atoms with Crippen LogP contribution in [0.1, 0.15) is 105 Å². The van der Waals surface area contributed by atoms with E-state index in [-0.39, 0.29) is 12.5 Å². The van der Waals surface area contributed by atoms with Crippen molar-refractivity contribution in [2.24, 2.45) is 5.92 Å². The molecule has 3 atom stereocenters. The molecule has 0 aliphatic carbocycles. The van der Waals surface area contributed by atoms with E-state index >= 15 is 0 Å². The van der Waals surface area contributed by atoms with Crippen molar-refractivity contribution in [2.45, 2.75) is 105 Å². The van der Waals surface area contributed by atoms with Crippen LogP contribution in [-0.4, -0.2) is 30.1 Å². The summed E-state index contributed by atoms with van der Waals surface area (Å²) in [4.78, 5) is 10.1. The van der Waals surface area contributed by atoms with Crippen molar-refractivity contribution in [3.05, 3.63) is 0 Å². The highest BCUT2D eigenvalue weighted by atomic mass is 31.2. The second-order valence-electron chi connectivity index (χ2n) is 7.97. The van der Waals surface area contributed by atoms with Crippen LogP contribution in [0.15, 0.2) is 0 Å². The van der Waals surface area contributed by atoms with Crippen molar-refractivity contribution in [3.8, 4) is 0 Å². The van der Waals surface area contributed by atoms with Crippen LogP contribution in [0.3, 0.4) is 0 Å². The molecule has 0 rings (SSSR count). The first-order valence-electron chi connectivity index (χ1n) is 11.4. The molecule has 0 saturated heterocycles. The number of hydrogen-bond donors (Lipinski definition) is 1. The molecule has 0 fully saturated rings. The summed E-state index contributed by atoms with van der Waals surface area (Å²) in [7, 11) is -6.17. The van der Waals surface area contributed by atoms with Crippen molar-refractivity contribution in [3.63, 3.8) is 0 Å². The zero-order valence-corrected chi connectivity index (χ0v) is 20.8. The number of hydrogen-bond acceptors (Lipinski definition) is 4. The monoisotopic (exact) mass is 440 g/mol. The predicted octanol–water partition coefficient (Wildman–Crippen LogP) is 7.79. The van der Waals surface area contributed by atoms with Gasteiger partial charge in [0, 0.05) is 7.11 Å². The Morgan fingerprint density at radius 3 is 2.14 bits per heavy atom. The SMILES string of the molecule is CCCCCC=P(C)(CCCCCC)OOP(=O)(O)OCC(CC)CCCC. The molecular formula is C21H46O5P2. The van der Waals surface area contributed by atoms with E-state index in [2.05, 4.69) is 33.5 Å². The summed E-state index contributed by atoms with van der Waals surface area (Å²) >= 11 is 0. The van der Waals surface area contributed by atoms with Crippen LogP contribution >= 0.6 is 14.9 Å². The third kappa shape index (κ3) is 15.2. The summed E-state index contributed by atoms with van der Waals surface area (Å²) in [5.41, 5.74) is 0. The molecule has 0 bridgehead atoms. The number of phosphoric acid groups is 1. The highest BCUT2D eigenvalue weighted by Gasteiger charge is 2.27. The van der Waals surface area contributed by atoms with Crippen molar-refractivity contribution < 1.29 is 23.3 Å². The van der Waals surface area contributed by atoms with Gasteiger partial charge in [0.15, 0.2) is 0 Å². The van der Waals surface area contributed by atoms with Gasteiger partial charge in [-0.1, -0.05) is 84.9 Å². The maximum Gasteiger partial charge on any atom is 0.499 e. The van der Waals surface area contributed by atoms with Gasteiger partial charge in [-0.05, 0) is 44.4 Å². The molecule has 0 saturated carbocycles. The third-order valence-corrected chi connectivity index (χ3v) is 8.60. The summed E-state index contributed by atoms with van der Waals surface area (Å²) in [6.45, 7) is 10.9. The van der Waals surface area contributed by atoms with Gasteiger partial charge in [-0.3, -0.25) is 4.52 Å². The standard InChI is InChI=1S/C21H46O5P2/c1-6-10-13-15-18-27(5,19-16-14-11-7-2)25-26-28(22,23)24-20-21(9-4)17-12-8-3/h18,21H,6-17,19-20H2,1-5H3,(H,22,23). The van der Waals surface area contributed by atoms with Gasteiger partial charge >= 0.3 is 7.82 Å². The van der Waals surface area contributed by atoms with E-state index in [1.54, 1.807) is 0 Å². The fourth-order valence-electron chi connectivity index (χ4n) is 3.01. The van der Waals surface area contributed by atoms with E-state index in [9.17, 15) is 9.46 Å². The van der Waals surface area contributed by atoms with E-state index in [0.29, 0.717) is 0 Å². The largest absolute Gasteiger partial charge is 0.499 e. The molecule has 0 heterocycles. The molecule has 5 nitrogen and oxygen atoms in total. The molecule has 28 heavy (non-hydrogen) atoms. The summed E-state index contributed by atoms with van der Waals surface area (Å²) in [5, 5.41) is 0. The first-order valence-corrected chi connectivity index (χ1v) is 15.3. The normalized spacial score (nSPS) is 17.1. The van der Waals surface area contributed by atoms with E-state index in [1.165, 1.54) is 25.7 Å². The Morgan fingerprint density at radius 2 is 1.54 bits per heavy atom. The zero-order valence-electron chi connectivity index (χ0n) is 19.0. The van der Waals surface area contributed by atoms with Crippen molar-refractivity contribution in [1.82, 2.24) is 0 Å². The van der Waals surface area contributed by atoms with Gasteiger partial charge in [-0.25, -0.2) is 9.24 Å². The quantitative estimate of drug-likeness (QED) is 0.0961. The Morgan fingerprint density at radius 1 is 0.893 bits per heavy atom. The molecular weight excluding hydrogens is 394 g/mol. The lowest BCUT2D eigenvalue weighted by atomic mass is 10.0. The van der Waals surface area contributed by atoms with Crippen molar-refractivity contribution in [1.29, 1.82) is 0 Å². The van der Waals surface area contributed by atoms with Crippen LogP contribution < -0.4 is 0 Å². The first kappa shape index (κ1) is 28.4. The lowest BCUT2D eigenvalue weighted by molar-refractivity contribution is -0.120. The van der Waals surface area contributed by atoms with E-state index in [0.717, 1.165) is 57.5 Å². The van der Waals surface area contributed by atoms with E-state index in [1.807, 2.05) is 6.66 Å². The zero-order chi connectivity index (χ0) is 21.3.